The molecule has 108 valence electrons. The number of halogens is 1. The van der Waals surface area contributed by atoms with E-state index < -0.39 is 0 Å². The molecule has 1 unspecified atom stereocenters. The monoisotopic (exact) mass is 295 g/mol. The van der Waals surface area contributed by atoms with Gasteiger partial charge in [-0.25, -0.2) is 0 Å². The van der Waals surface area contributed by atoms with Gasteiger partial charge in [-0.2, -0.15) is 5.10 Å². The fourth-order valence-electron chi connectivity index (χ4n) is 2.02. The summed E-state index contributed by atoms with van der Waals surface area (Å²) < 4.78 is 6.80. The van der Waals surface area contributed by atoms with Gasteiger partial charge in [-0.05, 0) is 25.5 Å². The van der Waals surface area contributed by atoms with Crippen LogP contribution in [0.25, 0.3) is 0 Å². The Morgan fingerprint density at radius 2 is 2.35 bits per heavy atom. The minimum atomic E-state index is -0.123. The number of carbonyl (C=O) groups excluding carboxylic acids is 1. The molecule has 0 aliphatic heterocycles. The molecular formula is C14H18ClN3O2. The van der Waals surface area contributed by atoms with Crippen LogP contribution in [0.1, 0.15) is 29.6 Å². The molecule has 6 heteroatoms. The van der Waals surface area contributed by atoms with Crippen molar-refractivity contribution in [1.29, 1.82) is 0 Å². The number of nitrogens with zero attached hydrogens (tertiary/aromatic N) is 3. The number of aromatic nitrogens is 2. The zero-order valence-electron chi connectivity index (χ0n) is 11.8. The predicted molar refractivity (Wildman–Crippen MR) is 76.8 cm³/mol. The molecule has 0 radical (unpaired) electrons. The fraction of sp³-hybridized carbons (Fsp3) is 0.429. The summed E-state index contributed by atoms with van der Waals surface area (Å²) in [6.45, 7) is 2.01. The summed E-state index contributed by atoms with van der Waals surface area (Å²) in [7, 11) is 3.49. The molecule has 2 heterocycles. The molecule has 0 aliphatic carbocycles. The van der Waals surface area contributed by atoms with Crippen molar-refractivity contribution in [3.05, 3.63) is 41.1 Å². The molecule has 5 nitrogen and oxygen atoms in total. The van der Waals surface area contributed by atoms with Crippen LogP contribution in [0.15, 0.2) is 29.0 Å². The van der Waals surface area contributed by atoms with Crippen molar-refractivity contribution in [2.24, 2.45) is 7.05 Å². The van der Waals surface area contributed by atoms with Crippen molar-refractivity contribution < 1.29 is 9.21 Å². The molecule has 0 aliphatic rings. The van der Waals surface area contributed by atoms with E-state index in [1.807, 2.05) is 19.1 Å². The summed E-state index contributed by atoms with van der Waals surface area (Å²) >= 11 is 6.00. The summed E-state index contributed by atoms with van der Waals surface area (Å²) in [5.41, 5.74) is 0.416. The van der Waals surface area contributed by atoms with Crippen LogP contribution in [-0.4, -0.2) is 33.7 Å². The first kappa shape index (κ1) is 14.7. The molecule has 20 heavy (non-hydrogen) atoms. The second-order valence-corrected chi connectivity index (χ2v) is 5.26. The number of rotatable bonds is 5. The predicted octanol–water partition coefficient (Wildman–Crippen LogP) is 2.76. The Balaban J connectivity index is 1.99. The molecule has 0 spiro atoms. The second kappa shape index (κ2) is 6.13. The highest BCUT2D eigenvalue weighted by Crippen LogP contribution is 2.18. The molecule has 0 saturated carbocycles. The van der Waals surface area contributed by atoms with E-state index in [1.54, 1.807) is 25.3 Å². The Labute approximate surface area is 123 Å². The Hall–Kier alpha value is -1.75. The van der Waals surface area contributed by atoms with E-state index in [1.165, 1.54) is 10.9 Å². The minimum absolute atomic E-state index is 0.0820. The van der Waals surface area contributed by atoms with Crippen molar-refractivity contribution >= 4 is 17.5 Å². The molecule has 0 aromatic carbocycles. The third-order valence-electron chi connectivity index (χ3n) is 3.47. The minimum Gasteiger partial charge on any atom is -0.469 e. The highest BCUT2D eigenvalue weighted by Gasteiger charge is 2.23. The number of aryl methyl sites for hydroxylation is 2. The Morgan fingerprint density at radius 3 is 2.90 bits per heavy atom. The van der Waals surface area contributed by atoms with Gasteiger partial charge in [0.1, 0.15) is 11.5 Å². The van der Waals surface area contributed by atoms with Crippen LogP contribution < -0.4 is 0 Å². The number of furan rings is 1. The van der Waals surface area contributed by atoms with Crippen LogP contribution in [-0.2, 0) is 13.5 Å². The van der Waals surface area contributed by atoms with Crippen LogP contribution >= 0.6 is 11.6 Å². The van der Waals surface area contributed by atoms with E-state index in [0.717, 1.165) is 18.6 Å². The average molecular weight is 296 g/mol. The lowest BCUT2D eigenvalue weighted by atomic mass is 10.1. The van der Waals surface area contributed by atoms with Gasteiger partial charge in [0.15, 0.2) is 0 Å². The standard InChI is InChI=1S/C14H18ClN3O2/c1-10(6-7-11-5-4-8-20-11)17(2)14(19)13-12(15)9-16-18(13)3/h4-5,8-10H,6-7H2,1-3H3. The van der Waals surface area contributed by atoms with Gasteiger partial charge in [0.25, 0.3) is 5.91 Å². The maximum Gasteiger partial charge on any atom is 0.273 e. The third-order valence-corrected chi connectivity index (χ3v) is 3.74. The molecule has 0 N–H and O–H groups in total. The molecular weight excluding hydrogens is 278 g/mol. The molecule has 0 fully saturated rings. The van der Waals surface area contributed by atoms with Crippen LogP contribution in [0, 0.1) is 0 Å². The maximum atomic E-state index is 12.4. The van der Waals surface area contributed by atoms with Crippen LogP contribution in [0.2, 0.25) is 5.02 Å². The van der Waals surface area contributed by atoms with Crippen molar-refractivity contribution in [1.82, 2.24) is 14.7 Å². The van der Waals surface area contributed by atoms with Crippen LogP contribution in [0.3, 0.4) is 0 Å². The fourth-order valence-corrected chi connectivity index (χ4v) is 2.26. The van der Waals surface area contributed by atoms with Crippen molar-refractivity contribution in [3.8, 4) is 0 Å². The molecule has 1 atom stereocenters. The number of carbonyl (C=O) groups is 1. The first-order chi connectivity index (χ1) is 9.50. The van der Waals surface area contributed by atoms with Gasteiger partial charge < -0.3 is 9.32 Å². The summed E-state index contributed by atoms with van der Waals surface area (Å²) in [4.78, 5) is 14.1. The number of amides is 1. The van der Waals surface area contributed by atoms with Crippen molar-refractivity contribution in [3.63, 3.8) is 0 Å². The smallest absolute Gasteiger partial charge is 0.273 e. The third kappa shape index (κ3) is 3.04. The van der Waals surface area contributed by atoms with Gasteiger partial charge >= 0.3 is 0 Å². The summed E-state index contributed by atoms with van der Waals surface area (Å²) in [6, 6.07) is 3.88. The van der Waals surface area contributed by atoms with Gasteiger partial charge in [0, 0.05) is 26.6 Å². The van der Waals surface area contributed by atoms with Gasteiger partial charge in [0.2, 0.25) is 0 Å². The summed E-state index contributed by atoms with van der Waals surface area (Å²) in [5.74, 6) is 0.804. The quantitative estimate of drug-likeness (QED) is 0.852. The zero-order chi connectivity index (χ0) is 14.7. The SMILES string of the molecule is CC(CCc1ccco1)N(C)C(=O)c1c(Cl)cnn1C. The maximum absolute atomic E-state index is 12.4. The normalized spacial score (nSPS) is 12.4. The largest absolute Gasteiger partial charge is 0.469 e. The Morgan fingerprint density at radius 1 is 1.60 bits per heavy atom. The first-order valence-corrected chi connectivity index (χ1v) is 6.85. The van der Waals surface area contributed by atoms with Crippen molar-refractivity contribution in [2.75, 3.05) is 7.05 Å². The van der Waals surface area contributed by atoms with E-state index in [4.69, 9.17) is 16.0 Å². The van der Waals surface area contributed by atoms with Crippen LogP contribution in [0.4, 0.5) is 0 Å². The Kier molecular flexibility index (Phi) is 4.49. The molecule has 0 bridgehead atoms. The van der Waals surface area contributed by atoms with Crippen molar-refractivity contribution in [2.45, 2.75) is 25.8 Å². The van der Waals surface area contributed by atoms with Gasteiger partial charge in [-0.1, -0.05) is 11.6 Å². The first-order valence-electron chi connectivity index (χ1n) is 6.47. The average Bonchev–Trinajstić information content (AvgIpc) is 3.05. The summed E-state index contributed by atoms with van der Waals surface area (Å²) in [6.07, 6.45) is 4.76. The highest BCUT2D eigenvalue weighted by atomic mass is 35.5. The van der Waals surface area contributed by atoms with E-state index in [9.17, 15) is 4.79 Å². The van der Waals surface area contributed by atoms with E-state index in [-0.39, 0.29) is 11.9 Å². The van der Waals surface area contributed by atoms with E-state index in [2.05, 4.69) is 5.10 Å². The van der Waals surface area contributed by atoms with Gasteiger partial charge in [-0.15, -0.1) is 0 Å². The Bertz CT molecular complexity index is 558. The molecule has 0 saturated heterocycles. The zero-order valence-corrected chi connectivity index (χ0v) is 12.6. The van der Waals surface area contributed by atoms with E-state index >= 15 is 0 Å². The molecule has 2 rings (SSSR count). The molecule has 1 amide bonds. The number of hydrogen-bond acceptors (Lipinski definition) is 3. The molecule has 2 aromatic rings. The topological polar surface area (TPSA) is 51.3 Å². The lowest BCUT2D eigenvalue weighted by Gasteiger charge is -2.24. The van der Waals surface area contributed by atoms with Gasteiger partial charge in [0.05, 0.1) is 17.5 Å². The summed E-state index contributed by atoms with van der Waals surface area (Å²) in [5, 5.41) is 4.37. The second-order valence-electron chi connectivity index (χ2n) is 4.85. The van der Waals surface area contributed by atoms with Gasteiger partial charge in [-0.3, -0.25) is 9.48 Å². The van der Waals surface area contributed by atoms with Crippen LogP contribution in [0.5, 0.6) is 0 Å². The van der Waals surface area contributed by atoms with E-state index in [0.29, 0.717) is 10.7 Å². The highest BCUT2D eigenvalue weighted by molar-refractivity contribution is 6.33. The number of hydrogen-bond donors (Lipinski definition) is 0. The lowest BCUT2D eigenvalue weighted by Crippen LogP contribution is -2.36. The lowest BCUT2D eigenvalue weighted by molar-refractivity contribution is 0.0725. The molecule has 2 aromatic heterocycles.